The van der Waals surface area contributed by atoms with E-state index in [9.17, 15) is 48.3 Å². The summed E-state index contributed by atoms with van der Waals surface area (Å²) in [4.78, 5) is 113. The number of nitrogens with zero attached hydrogens (tertiary/aromatic N) is 1. The van der Waals surface area contributed by atoms with Crippen LogP contribution >= 0.6 is 0 Å². The Balaban J connectivity index is 3.05. The molecular formula is C29H49N9O11. The van der Waals surface area contributed by atoms with Crippen molar-refractivity contribution < 1.29 is 53.4 Å². The van der Waals surface area contributed by atoms with Gasteiger partial charge in [0.2, 0.25) is 47.3 Å². The van der Waals surface area contributed by atoms with Crippen LogP contribution in [-0.4, -0.2) is 124 Å². The zero-order chi connectivity index (χ0) is 37.6. The fraction of sp³-hybridized carbons (Fsp3) is 0.690. The van der Waals surface area contributed by atoms with Gasteiger partial charge in [-0.3, -0.25) is 43.2 Å². The fourth-order valence-corrected chi connectivity index (χ4v) is 4.86. The van der Waals surface area contributed by atoms with E-state index in [1.54, 1.807) is 13.8 Å². The maximum absolute atomic E-state index is 13.5. The molecule has 1 aliphatic heterocycles. The van der Waals surface area contributed by atoms with E-state index in [4.69, 9.17) is 22.3 Å². The molecule has 0 aliphatic carbocycles. The number of primary amides is 2. The largest absolute Gasteiger partial charge is 0.480 e. The van der Waals surface area contributed by atoms with Crippen molar-refractivity contribution in [2.75, 3.05) is 13.2 Å². The lowest BCUT2D eigenvalue weighted by Gasteiger charge is -2.30. The fourth-order valence-electron chi connectivity index (χ4n) is 4.86. The summed E-state index contributed by atoms with van der Waals surface area (Å²) in [5, 5.41) is 30.9. The highest BCUT2D eigenvalue weighted by atomic mass is 16.4. The summed E-state index contributed by atoms with van der Waals surface area (Å²) < 4.78 is 0. The molecule has 1 rings (SSSR count). The molecule has 7 atom stereocenters. The third-order valence-electron chi connectivity index (χ3n) is 7.53. The molecule has 0 unspecified atom stereocenters. The van der Waals surface area contributed by atoms with Gasteiger partial charge in [0.1, 0.15) is 36.3 Å². The second-order valence-corrected chi connectivity index (χ2v) is 12.3. The van der Waals surface area contributed by atoms with Gasteiger partial charge in [0.05, 0.1) is 19.1 Å². The number of likely N-dealkylation sites (tertiary alicyclic amines) is 1. The zero-order valence-corrected chi connectivity index (χ0v) is 28.0. The summed E-state index contributed by atoms with van der Waals surface area (Å²) in [7, 11) is 0. The van der Waals surface area contributed by atoms with Gasteiger partial charge in [-0.25, -0.2) is 0 Å². The molecule has 276 valence electrons. The van der Waals surface area contributed by atoms with E-state index in [-0.39, 0.29) is 38.1 Å². The lowest BCUT2D eigenvalue weighted by molar-refractivity contribution is -0.143. The maximum atomic E-state index is 13.5. The van der Waals surface area contributed by atoms with Gasteiger partial charge in [-0.1, -0.05) is 13.8 Å². The molecular weight excluding hydrogens is 650 g/mol. The number of rotatable bonds is 20. The molecule has 0 radical (unpaired) electrons. The molecule has 1 heterocycles. The number of amides is 8. The molecule has 20 nitrogen and oxygen atoms in total. The van der Waals surface area contributed by atoms with Gasteiger partial charge in [0.15, 0.2) is 0 Å². The second-order valence-electron chi connectivity index (χ2n) is 12.3. The molecule has 0 bridgehead atoms. The van der Waals surface area contributed by atoms with Gasteiger partial charge in [0, 0.05) is 13.0 Å². The Kier molecular flexibility index (Phi) is 17.1. The molecule has 20 heteroatoms. The molecule has 1 saturated heterocycles. The van der Waals surface area contributed by atoms with E-state index in [1.807, 2.05) is 0 Å². The highest BCUT2D eigenvalue weighted by Crippen LogP contribution is 2.20. The Bertz CT molecular complexity index is 1260. The SMILES string of the molecule is CC(C)C[C@H](NC(=O)[C@@H]1CCCN1C(=O)[C@H](CO)NC(=O)[C@H](C)NC(=O)[C@@H](N)CC(N)=O)C(=O)N[C@@H](CCC(N)=O)C(=O)N[C@@H](C)C(=O)O. The summed E-state index contributed by atoms with van der Waals surface area (Å²) in [6.45, 7) is 5.25. The van der Waals surface area contributed by atoms with Gasteiger partial charge in [-0.2, -0.15) is 0 Å². The molecule has 49 heavy (non-hydrogen) atoms. The van der Waals surface area contributed by atoms with Crippen molar-refractivity contribution in [2.24, 2.45) is 23.1 Å². The number of hydrogen-bond acceptors (Lipinski definition) is 11. The zero-order valence-electron chi connectivity index (χ0n) is 28.0. The molecule has 0 aromatic carbocycles. The van der Waals surface area contributed by atoms with Crippen LogP contribution in [0.5, 0.6) is 0 Å². The van der Waals surface area contributed by atoms with Gasteiger partial charge in [-0.15, -0.1) is 0 Å². The number of aliphatic hydroxyl groups is 1. The summed E-state index contributed by atoms with van der Waals surface area (Å²) in [6.07, 6.45) is -0.373. The normalized spacial score (nSPS) is 17.8. The minimum absolute atomic E-state index is 0.0791. The monoisotopic (exact) mass is 699 g/mol. The smallest absolute Gasteiger partial charge is 0.325 e. The van der Waals surface area contributed by atoms with Gasteiger partial charge < -0.3 is 58.9 Å². The Labute approximate surface area is 283 Å². The van der Waals surface area contributed by atoms with Gasteiger partial charge in [-0.05, 0) is 45.4 Å². The average molecular weight is 700 g/mol. The topological polar surface area (TPSA) is 336 Å². The van der Waals surface area contributed by atoms with Crippen LogP contribution in [0.3, 0.4) is 0 Å². The number of aliphatic hydroxyl groups excluding tert-OH is 1. The number of hydrogen-bond donors (Lipinski definition) is 10. The standard InChI is InChI=1S/C29H49N9O11/c1-13(2)10-18(26(45)35-17(7-8-21(31)40)25(44)34-15(4)29(48)49)36-27(46)20-6-5-9-38(20)28(47)19(12-39)37-23(42)14(3)33-24(43)16(30)11-22(32)41/h13-20,39H,5-12,30H2,1-4H3,(H2,31,40)(H2,32,41)(H,33,43)(H,34,44)(H,35,45)(H,36,46)(H,37,42)(H,48,49)/t14-,15-,16-,17-,18-,19-,20-/m0/s1. The van der Waals surface area contributed by atoms with Crippen LogP contribution in [0.2, 0.25) is 0 Å². The summed E-state index contributed by atoms with van der Waals surface area (Å²) in [6, 6.07) is -9.04. The van der Waals surface area contributed by atoms with E-state index in [0.29, 0.717) is 6.42 Å². The summed E-state index contributed by atoms with van der Waals surface area (Å²) in [5.41, 5.74) is 15.8. The Morgan fingerprint density at radius 1 is 0.755 bits per heavy atom. The number of carboxylic acid groups (broad SMARTS) is 1. The highest BCUT2D eigenvalue weighted by Gasteiger charge is 2.39. The first-order chi connectivity index (χ1) is 22.8. The van der Waals surface area contributed by atoms with Crippen LogP contribution in [0.1, 0.15) is 66.2 Å². The first-order valence-corrected chi connectivity index (χ1v) is 15.8. The lowest BCUT2D eigenvalue weighted by Crippen LogP contribution is -2.60. The number of nitrogens with one attached hydrogen (secondary N) is 5. The molecule has 13 N–H and O–H groups in total. The highest BCUT2D eigenvalue weighted by molar-refractivity contribution is 5.97. The number of carbonyl (C=O) groups is 9. The quantitative estimate of drug-likeness (QED) is 0.0571. The van der Waals surface area contributed by atoms with Crippen LogP contribution in [0.25, 0.3) is 0 Å². The summed E-state index contributed by atoms with van der Waals surface area (Å²) in [5.74, 6) is -8.02. The molecule has 0 aromatic rings. The third-order valence-corrected chi connectivity index (χ3v) is 7.53. The van der Waals surface area contributed by atoms with E-state index >= 15 is 0 Å². The van der Waals surface area contributed by atoms with Crippen LogP contribution in [0.15, 0.2) is 0 Å². The third kappa shape index (κ3) is 14.0. The van der Waals surface area contributed by atoms with Crippen LogP contribution in [-0.2, 0) is 43.2 Å². The number of nitrogens with two attached hydrogens (primary N) is 3. The number of aliphatic carboxylic acids is 1. The van der Waals surface area contributed by atoms with Crippen LogP contribution in [0, 0.1) is 5.92 Å². The molecule has 8 amide bonds. The first-order valence-electron chi connectivity index (χ1n) is 15.8. The van der Waals surface area contributed by atoms with Crippen molar-refractivity contribution in [3.8, 4) is 0 Å². The predicted molar refractivity (Wildman–Crippen MR) is 170 cm³/mol. The van der Waals surface area contributed by atoms with E-state index in [1.165, 1.54) is 13.8 Å². The van der Waals surface area contributed by atoms with E-state index < -0.39 is 109 Å². The van der Waals surface area contributed by atoms with Crippen molar-refractivity contribution >= 4 is 53.2 Å². The Morgan fingerprint density at radius 3 is 1.86 bits per heavy atom. The predicted octanol–water partition coefficient (Wildman–Crippen LogP) is -4.97. The molecule has 0 aromatic heterocycles. The Morgan fingerprint density at radius 2 is 1.33 bits per heavy atom. The minimum atomic E-state index is -1.51. The molecule has 0 saturated carbocycles. The summed E-state index contributed by atoms with van der Waals surface area (Å²) >= 11 is 0. The van der Waals surface area contributed by atoms with Crippen molar-refractivity contribution in [1.29, 1.82) is 0 Å². The van der Waals surface area contributed by atoms with Crippen molar-refractivity contribution in [3.05, 3.63) is 0 Å². The lowest BCUT2D eigenvalue weighted by atomic mass is 10.0. The second kappa shape index (κ2) is 19.8. The van der Waals surface area contributed by atoms with Crippen molar-refractivity contribution in [2.45, 2.75) is 109 Å². The van der Waals surface area contributed by atoms with Gasteiger partial charge >= 0.3 is 5.97 Å². The molecule has 1 fully saturated rings. The first kappa shape index (κ1) is 42.2. The Hall–Kier alpha value is -4.85. The maximum Gasteiger partial charge on any atom is 0.325 e. The number of carboxylic acids is 1. The van der Waals surface area contributed by atoms with Crippen LogP contribution < -0.4 is 43.8 Å². The van der Waals surface area contributed by atoms with Crippen molar-refractivity contribution in [1.82, 2.24) is 31.5 Å². The van der Waals surface area contributed by atoms with Crippen LogP contribution in [0.4, 0.5) is 0 Å². The van der Waals surface area contributed by atoms with E-state index in [2.05, 4.69) is 26.6 Å². The number of carbonyl (C=O) groups excluding carboxylic acids is 8. The van der Waals surface area contributed by atoms with Gasteiger partial charge in [0.25, 0.3) is 0 Å². The average Bonchev–Trinajstić information content (AvgIpc) is 3.50. The molecule has 1 aliphatic rings. The minimum Gasteiger partial charge on any atom is -0.480 e. The van der Waals surface area contributed by atoms with E-state index in [0.717, 1.165) is 4.90 Å². The van der Waals surface area contributed by atoms with Crippen molar-refractivity contribution in [3.63, 3.8) is 0 Å². The molecule has 0 spiro atoms.